The van der Waals surface area contributed by atoms with Gasteiger partial charge in [0, 0.05) is 35.5 Å². The van der Waals surface area contributed by atoms with Gasteiger partial charge in [0.15, 0.2) is 0 Å². The third kappa shape index (κ3) is 3.61. The molecule has 1 aliphatic heterocycles. The van der Waals surface area contributed by atoms with Gasteiger partial charge in [0.1, 0.15) is 0 Å². The molecule has 1 aromatic heterocycles. The minimum absolute atomic E-state index is 0.556. The van der Waals surface area contributed by atoms with Crippen LogP contribution in [0.3, 0.4) is 0 Å². The highest BCUT2D eigenvalue weighted by atomic mass is 79.9. The minimum atomic E-state index is 0.556. The van der Waals surface area contributed by atoms with Crippen molar-refractivity contribution in [2.45, 2.75) is 32.4 Å². The quantitative estimate of drug-likeness (QED) is 0.870. The van der Waals surface area contributed by atoms with Crippen LogP contribution in [0.15, 0.2) is 16.7 Å². The van der Waals surface area contributed by atoms with Crippen molar-refractivity contribution in [3.05, 3.63) is 22.4 Å². The van der Waals surface area contributed by atoms with E-state index in [0.29, 0.717) is 6.04 Å². The summed E-state index contributed by atoms with van der Waals surface area (Å²) in [4.78, 5) is 5.78. The maximum atomic E-state index is 3.55. The maximum Gasteiger partial charge on any atom is 0.0360 e. The van der Waals surface area contributed by atoms with E-state index in [4.69, 9.17) is 0 Å². The van der Waals surface area contributed by atoms with Crippen molar-refractivity contribution in [1.29, 1.82) is 0 Å². The Kier molecular flexibility index (Phi) is 4.44. The number of hydrogen-bond acceptors (Lipinski definition) is 2. The van der Waals surface area contributed by atoms with Crippen LogP contribution in [-0.4, -0.2) is 35.6 Å². The van der Waals surface area contributed by atoms with E-state index >= 15 is 0 Å². The van der Waals surface area contributed by atoms with Crippen LogP contribution < -0.4 is 5.32 Å². The molecule has 0 radical (unpaired) electrons. The summed E-state index contributed by atoms with van der Waals surface area (Å²) in [6, 6.07) is 2.68. The molecule has 1 unspecified atom stereocenters. The van der Waals surface area contributed by atoms with E-state index in [9.17, 15) is 0 Å². The predicted octanol–water partition coefficient (Wildman–Crippen LogP) is 2.35. The van der Waals surface area contributed by atoms with Crippen molar-refractivity contribution < 1.29 is 0 Å². The number of rotatable bonds is 5. The van der Waals surface area contributed by atoms with Crippen molar-refractivity contribution >= 4 is 15.9 Å². The molecule has 1 atom stereocenters. The number of H-pyrrole nitrogens is 1. The van der Waals surface area contributed by atoms with Crippen molar-refractivity contribution in [2.24, 2.45) is 0 Å². The van der Waals surface area contributed by atoms with Gasteiger partial charge in [0.25, 0.3) is 0 Å². The first kappa shape index (κ1) is 12.1. The molecule has 2 N–H and O–H groups in total. The van der Waals surface area contributed by atoms with Crippen LogP contribution in [0.2, 0.25) is 0 Å². The Hall–Kier alpha value is -0.320. The van der Waals surface area contributed by atoms with Crippen LogP contribution in [0.5, 0.6) is 0 Å². The first-order valence-electron chi connectivity index (χ1n) is 6.02. The monoisotopic (exact) mass is 285 g/mol. The zero-order chi connectivity index (χ0) is 11.4. The summed E-state index contributed by atoms with van der Waals surface area (Å²) in [5.74, 6) is 0. The summed E-state index contributed by atoms with van der Waals surface area (Å²) < 4.78 is 1.12. The molecule has 0 amide bonds. The predicted molar refractivity (Wildman–Crippen MR) is 70.5 cm³/mol. The van der Waals surface area contributed by atoms with Gasteiger partial charge in [-0.25, -0.2) is 0 Å². The number of aromatic nitrogens is 1. The van der Waals surface area contributed by atoms with E-state index in [1.54, 1.807) is 0 Å². The zero-order valence-corrected chi connectivity index (χ0v) is 11.4. The smallest absolute Gasteiger partial charge is 0.0360 e. The normalized spacial score (nSPS) is 19.1. The second-order valence-electron chi connectivity index (χ2n) is 4.63. The molecular weight excluding hydrogens is 266 g/mol. The maximum absolute atomic E-state index is 3.55. The van der Waals surface area contributed by atoms with Crippen LogP contribution in [-0.2, 0) is 6.54 Å². The molecule has 0 aliphatic carbocycles. The van der Waals surface area contributed by atoms with E-state index < -0.39 is 0 Å². The molecule has 3 nitrogen and oxygen atoms in total. The average Bonchev–Trinajstić information content (AvgIpc) is 2.87. The topological polar surface area (TPSA) is 31.1 Å². The Morgan fingerprint density at radius 1 is 1.50 bits per heavy atom. The molecule has 0 spiro atoms. The van der Waals surface area contributed by atoms with E-state index in [1.807, 2.05) is 6.20 Å². The van der Waals surface area contributed by atoms with Gasteiger partial charge in [-0.15, -0.1) is 0 Å². The van der Waals surface area contributed by atoms with Gasteiger partial charge in [0.05, 0.1) is 0 Å². The molecule has 90 valence electrons. The van der Waals surface area contributed by atoms with Gasteiger partial charge in [-0.05, 0) is 54.9 Å². The highest BCUT2D eigenvalue weighted by Crippen LogP contribution is 2.11. The molecule has 2 rings (SSSR count). The number of hydrogen-bond donors (Lipinski definition) is 2. The van der Waals surface area contributed by atoms with Crippen LogP contribution in [0, 0.1) is 0 Å². The number of nitrogens with one attached hydrogen (secondary N) is 2. The lowest BCUT2D eigenvalue weighted by Gasteiger charge is -2.20. The molecular formula is C12H20BrN3. The molecule has 0 saturated carbocycles. The van der Waals surface area contributed by atoms with Crippen molar-refractivity contribution in [1.82, 2.24) is 15.2 Å². The van der Waals surface area contributed by atoms with Crippen molar-refractivity contribution in [2.75, 3.05) is 19.6 Å². The van der Waals surface area contributed by atoms with Gasteiger partial charge in [0.2, 0.25) is 0 Å². The summed E-state index contributed by atoms with van der Waals surface area (Å²) in [7, 11) is 0. The van der Waals surface area contributed by atoms with Crippen LogP contribution in [0.25, 0.3) is 0 Å². The lowest BCUT2D eigenvalue weighted by Crippen LogP contribution is -2.37. The summed E-state index contributed by atoms with van der Waals surface area (Å²) in [5, 5.41) is 3.55. The van der Waals surface area contributed by atoms with Crippen LogP contribution >= 0.6 is 15.9 Å². The largest absolute Gasteiger partial charge is 0.363 e. The SMILES string of the molecule is CC(CN1CCCC1)NCc1cc(Br)c[nH]1. The summed E-state index contributed by atoms with van der Waals surface area (Å²) in [6.07, 6.45) is 4.72. The lowest BCUT2D eigenvalue weighted by atomic mass is 10.3. The van der Waals surface area contributed by atoms with Crippen LogP contribution in [0.4, 0.5) is 0 Å². The molecule has 0 aromatic carbocycles. The van der Waals surface area contributed by atoms with Gasteiger partial charge < -0.3 is 15.2 Å². The molecule has 1 aromatic rings. The second-order valence-corrected chi connectivity index (χ2v) is 5.55. The average molecular weight is 286 g/mol. The Morgan fingerprint density at radius 2 is 2.25 bits per heavy atom. The van der Waals surface area contributed by atoms with Gasteiger partial charge in [-0.2, -0.15) is 0 Å². The fourth-order valence-electron chi connectivity index (χ4n) is 2.21. The number of likely N-dealkylation sites (tertiary alicyclic amines) is 1. The van der Waals surface area contributed by atoms with E-state index in [2.05, 4.69) is 44.1 Å². The molecule has 0 bridgehead atoms. The van der Waals surface area contributed by atoms with Gasteiger partial charge in [-0.1, -0.05) is 0 Å². The highest BCUT2D eigenvalue weighted by molar-refractivity contribution is 9.10. The summed E-state index contributed by atoms with van der Waals surface area (Å²) in [6.45, 7) is 6.90. The minimum Gasteiger partial charge on any atom is -0.363 e. The fourth-order valence-corrected chi connectivity index (χ4v) is 2.61. The van der Waals surface area contributed by atoms with Gasteiger partial charge in [-0.3, -0.25) is 0 Å². The number of aromatic amines is 1. The molecule has 2 heterocycles. The van der Waals surface area contributed by atoms with Crippen molar-refractivity contribution in [3.63, 3.8) is 0 Å². The Bertz CT molecular complexity index is 318. The van der Waals surface area contributed by atoms with E-state index in [0.717, 1.165) is 11.0 Å². The molecule has 16 heavy (non-hydrogen) atoms. The van der Waals surface area contributed by atoms with E-state index in [1.165, 1.54) is 38.2 Å². The third-order valence-electron chi connectivity index (χ3n) is 3.08. The second kappa shape index (κ2) is 5.84. The third-order valence-corrected chi connectivity index (χ3v) is 3.54. The molecule has 1 saturated heterocycles. The Balaban J connectivity index is 1.68. The number of halogens is 1. The first-order valence-corrected chi connectivity index (χ1v) is 6.82. The lowest BCUT2D eigenvalue weighted by molar-refractivity contribution is 0.298. The highest BCUT2D eigenvalue weighted by Gasteiger charge is 2.14. The molecule has 4 heteroatoms. The Labute approximate surface area is 106 Å². The first-order chi connectivity index (χ1) is 7.74. The van der Waals surface area contributed by atoms with Crippen molar-refractivity contribution in [3.8, 4) is 0 Å². The summed E-state index contributed by atoms with van der Waals surface area (Å²) >= 11 is 3.44. The van der Waals surface area contributed by atoms with Crippen LogP contribution in [0.1, 0.15) is 25.5 Å². The standard InChI is InChI=1S/C12H20BrN3/c1-10(9-16-4-2-3-5-16)14-8-12-6-11(13)7-15-12/h6-7,10,14-15H,2-5,8-9H2,1H3. The summed E-state index contributed by atoms with van der Waals surface area (Å²) in [5.41, 5.74) is 1.24. The number of nitrogens with zero attached hydrogens (tertiary/aromatic N) is 1. The molecule has 1 fully saturated rings. The Morgan fingerprint density at radius 3 is 2.88 bits per heavy atom. The van der Waals surface area contributed by atoms with E-state index in [-0.39, 0.29) is 0 Å². The van der Waals surface area contributed by atoms with Gasteiger partial charge >= 0.3 is 0 Å². The molecule has 1 aliphatic rings. The fraction of sp³-hybridized carbons (Fsp3) is 0.667. The zero-order valence-electron chi connectivity index (χ0n) is 9.80.